The molecule has 1 N–H and O–H groups in total. The Morgan fingerprint density at radius 1 is 1.55 bits per heavy atom. The highest BCUT2D eigenvalue weighted by molar-refractivity contribution is 8.04. The van der Waals surface area contributed by atoms with Gasteiger partial charge in [-0.05, 0) is 5.41 Å². The third kappa shape index (κ3) is 1.77. The van der Waals surface area contributed by atoms with E-state index in [4.69, 9.17) is 5.11 Å². The Kier molecular flexibility index (Phi) is 2.01. The average Bonchev–Trinajstić information content (AvgIpc) is 2.08. The van der Waals surface area contributed by atoms with E-state index in [9.17, 15) is 4.79 Å². The molecular weight excluding hydrogens is 160 g/mol. The molecule has 1 heterocycles. The Bertz CT molecular complexity index is 213. The van der Waals surface area contributed by atoms with E-state index in [2.05, 4.69) is 0 Å². The molecule has 0 amide bonds. The summed E-state index contributed by atoms with van der Waals surface area (Å²) >= 11 is 1.25. The lowest BCUT2D eigenvalue weighted by Crippen LogP contribution is -2.27. The molecule has 0 aliphatic carbocycles. The summed E-state index contributed by atoms with van der Waals surface area (Å²) in [5.74, 6) is 0.0278. The topological polar surface area (TPSA) is 37.3 Å². The van der Waals surface area contributed by atoms with Gasteiger partial charge in [0.15, 0.2) is 10.9 Å². The van der Waals surface area contributed by atoms with Gasteiger partial charge in [0.1, 0.15) is 0 Å². The van der Waals surface area contributed by atoms with Gasteiger partial charge in [-0.2, -0.15) is 0 Å². The molecule has 11 heavy (non-hydrogen) atoms. The SMILES string of the molecule is CC(C)(C)C1SC(O)=CC1=O. The highest BCUT2D eigenvalue weighted by Crippen LogP contribution is 2.38. The van der Waals surface area contributed by atoms with Crippen molar-refractivity contribution < 1.29 is 9.90 Å². The number of aliphatic hydroxyl groups excluding tert-OH is 1. The molecule has 1 aliphatic rings. The smallest absolute Gasteiger partial charge is 0.173 e. The molecule has 62 valence electrons. The van der Waals surface area contributed by atoms with Crippen LogP contribution in [-0.4, -0.2) is 16.1 Å². The first-order chi connectivity index (χ1) is 4.91. The third-order valence-electron chi connectivity index (χ3n) is 1.55. The van der Waals surface area contributed by atoms with Gasteiger partial charge in [0.25, 0.3) is 0 Å². The van der Waals surface area contributed by atoms with Crippen molar-refractivity contribution in [3.63, 3.8) is 0 Å². The average molecular weight is 172 g/mol. The van der Waals surface area contributed by atoms with E-state index in [1.807, 2.05) is 20.8 Å². The number of hydrogen-bond acceptors (Lipinski definition) is 3. The summed E-state index contributed by atoms with van der Waals surface area (Å²) in [4.78, 5) is 11.2. The molecule has 0 aromatic carbocycles. The van der Waals surface area contributed by atoms with Crippen LogP contribution in [0.3, 0.4) is 0 Å². The summed E-state index contributed by atoms with van der Waals surface area (Å²) in [6, 6.07) is 0. The van der Waals surface area contributed by atoms with Crippen LogP contribution in [0, 0.1) is 5.41 Å². The van der Waals surface area contributed by atoms with Crippen LogP contribution in [0.25, 0.3) is 0 Å². The molecule has 0 saturated carbocycles. The van der Waals surface area contributed by atoms with Gasteiger partial charge in [0.2, 0.25) is 0 Å². The van der Waals surface area contributed by atoms with Gasteiger partial charge in [0.05, 0.1) is 5.25 Å². The fourth-order valence-electron chi connectivity index (χ4n) is 1.01. The number of carbonyl (C=O) groups is 1. The van der Waals surface area contributed by atoms with Gasteiger partial charge in [0, 0.05) is 6.08 Å². The second kappa shape index (κ2) is 2.55. The molecule has 1 unspecified atom stereocenters. The van der Waals surface area contributed by atoms with E-state index in [1.54, 1.807) is 0 Å². The zero-order valence-electron chi connectivity index (χ0n) is 6.92. The summed E-state index contributed by atoms with van der Waals surface area (Å²) in [5, 5.41) is 9.08. The van der Waals surface area contributed by atoms with Crippen molar-refractivity contribution in [1.82, 2.24) is 0 Å². The molecule has 0 saturated heterocycles. The van der Waals surface area contributed by atoms with Crippen molar-refractivity contribution in [1.29, 1.82) is 0 Å². The van der Waals surface area contributed by atoms with Crippen LogP contribution in [-0.2, 0) is 4.79 Å². The van der Waals surface area contributed by atoms with Crippen LogP contribution in [0.4, 0.5) is 0 Å². The molecule has 1 aliphatic heterocycles. The summed E-state index contributed by atoms with van der Waals surface area (Å²) in [6.45, 7) is 5.99. The van der Waals surface area contributed by atoms with Crippen molar-refractivity contribution in [2.45, 2.75) is 26.0 Å². The number of carbonyl (C=O) groups excluding carboxylic acids is 1. The van der Waals surface area contributed by atoms with Crippen molar-refractivity contribution >= 4 is 17.5 Å². The summed E-state index contributed by atoms with van der Waals surface area (Å²) < 4.78 is 0. The second-order valence-corrected chi connectivity index (χ2v) is 4.87. The predicted molar refractivity (Wildman–Crippen MR) is 46.6 cm³/mol. The Hall–Kier alpha value is -0.440. The standard InChI is InChI=1S/C8H12O2S/c1-8(2,3)7-5(9)4-6(10)11-7/h4,7,10H,1-3H3. The molecule has 0 radical (unpaired) electrons. The van der Waals surface area contributed by atoms with E-state index in [1.165, 1.54) is 17.8 Å². The lowest BCUT2D eigenvalue weighted by Gasteiger charge is -2.23. The monoisotopic (exact) mass is 172 g/mol. The molecule has 1 atom stereocenters. The van der Waals surface area contributed by atoms with Gasteiger partial charge in [-0.25, -0.2) is 0 Å². The fraction of sp³-hybridized carbons (Fsp3) is 0.625. The number of aliphatic hydroxyl groups is 1. The predicted octanol–water partition coefficient (Wildman–Crippen LogP) is 2.12. The highest BCUT2D eigenvalue weighted by Gasteiger charge is 2.35. The maximum atomic E-state index is 11.2. The number of allylic oxidation sites excluding steroid dienone is 1. The quantitative estimate of drug-likeness (QED) is 0.608. The minimum Gasteiger partial charge on any atom is -0.502 e. The van der Waals surface area contributed by atoms with Crippen LogP contribution in [0.1, 0.15) is 20.8 Å². The molecule has 0 bridgehead atoms. The number of hydrogen-bond donors (Lipinski definition) is 1. The number of rotatable bonds is 0. The van der Waals surface area contributed by atoms with Gasteiger partial charge in [-0.3, -0.25) is 4.79 Å². The van der Waals surface area contributed by atoms with Crippen LogP contribution < -0.4 is 0 Å². The van der Waals surface area contributed by atoms with Crippen molar-refractivity contribution in [3.05, 3.63) is 11.2 Å². The first kappa shape index (κ1) is 8.65. The molecule has 0 spiro atoms. The minimum atomic E-state index is -0.109. The molecule has 0 aromatic heterocycles. The molecule has 0 aromatic rings. The summed E-state index contributed by atoms with van der Waals surface area (Å²) in [6.07, 6.45) is 1.31. The van der Waals surface area contributed by atoms with Gasteiger partial charge >= 0.3 is 0 Å². The second-order valence-electron chi connectivity index (χ2n) is 3.75. The Balaban J connectivity index is 2.75. The van der Waals surface area contributed by atoms with Gasteiger partial charge in [-0.1, -0.05) is 32.5 Å². The summed E-state index contributed by atoms with van der Waals surface area (Å²) in [5.41, 5.74) is -0.0667. The zero-order valence-corrected chi connectivity index (χ0v) is 7.73. The minimum absolute atomic E-state index is 0.0278. The molecule has 1 rings (SSSR count). The maximum absolute atomic E-state index is 11.2. The van der Waals surface area contributed by atoms with Crippen molar-refractivity contribution in [2.24, 2.45) is 5.41 Å². The summed E-state index contributed by atoms with van der Waals surface area (Å²) in [7, 11) is 0. The van der Waals surface area contributed by atoms with Crippen molar-refractivity contribution in [3.8, 4) is 0 Å². The highest BCUT2D eigenvalue weighted by atomic mass is 32.2. The molecule has 2 nitrogen and oxygen atoms in total. The van der Waals surface area contributed by atoms with Crippen LogP contribution >= 0.6 is 11.8 Å². The number of ketones is 1. The van der Waals surface area contributed by atoms with Gasteiger partial charge in [-0.15, -0.1) is 0 Å². The first-order valence-corrected chi connectivity index (χ1v) is 4.40. The Morgan fingerprint density at radius 3 is 2.27 bits per heavy atom. The number of thioether (sulfide) groups is 1. The normalized spacial score (nSPS) is 25.5. The molecular formula is C8H12O2S. The Morgan fingerprint density at radius 2 is 2.09 bits per heavy atom. The van der Waals surface area contributed by atoms with Crippen LogP contribution in [0.5, 0.6) is 0 Å². The van der Waals surface area contributed by atoms with Gasteiger partial charge < -0.3 is 5.11 Å². The zero-order chi connectivity index (χ0) is 8.65. The van der Waals surface area contributed by atoms with E-state index < -0.39 is 0 Å². The van der Waals surface area contributed by atoms with Crippen LogP contribution in [0.15, 0.2) is 11.2 Å². The fourth-order valence-corrected chi connectivity index (χ4v) is 1.98. The van der Waals surface area contributed by atoms with E-state index >= 15 is 0 Å². The largest absolute Gasteiger partial charge is 0.502 e. The van der Waals surface area contributed by atoms with Crippen LogP contribution in [0.2, 0.25) is 0 Å². The van der Waals surface area contributed by atoms with Crippen molar-refractivity contribution in [2.75, 3.05) is 0 Å². The molecule has 3 heteroatoms. The van der Waals surface area contributed by atoms with E-state index in [0.29, 0.717) is 0 Å². The molecule has 0 fully saturated rings. The first-order valence-electron chi connectivity index (χ1n) is 3.52. The lowest BCUT2D eigenvalue weighted by molar-refractivity contribution is -0.115. The van der Waals surface area contributed by atoms with E-state index in [0.717, 1.165) is 0 Å². The maximum Gasteiger partial charge on any atom is 0.173 e. The van der Waals surface area contributed by atoms with E-state index in [-0.39, 0.29) is 21.5 Å². The lowest BCUT2D eigenvalue weighted by atomic mass is 9.89. The Labute approximate surface area is 70.7 Å². The third-order valence-corrected chi connectivity index (χ3v) is 3.08.